The number of hydrogen-bond donors (Lipinski definition) is 0. The molecule has 1 aromatic carbocycles. The van der Waals surface area contributed by atoms with Gasteiger partial charge >= 0.3 is 5.51 Å². The summed E-state index contributed by atoms with van der Waals surface area (Å²) in [5.74, 6) is -1.57. The minimum atomic E-state index is -5.83. The van der Waals surface area contributed by atoms with Crippen molar-refractivity contribution >= 4 is 26.9 Å². The van der Waals surface area contributed by atoms with E-state index in [1.807, 2.05) is 0 Å². The molecule has 10 heteroatoms. The summed E-state index contributed by atoms with van der Waals surface area (Å²) < 4.78 is 89.5. The van der Waals surface area contributed by atoms with Crippen LogP contribution in [0, 0.1) is 5.82 Å². The second-order valence-electron chi connectivity index (χ2n) is 5.61. The molecule has 0 aliphatic rings. The Morgan fingerprint density at radius 1 is 1.22 bits per heavy atom. The standard InChI is InChI=1S/C13H15F4NO3S2/c1-8(18-22(19)12(2,3)4)9-6-5-7-10(11(9)14)23(20,21)13(15,16)17/h5-7H,1-4H3. The maximum absolute atomic E-state index is 14.2. The first kappa shape index (κ1) is 19.9. The highest BCUT2D eigenvalue weighted by Gasteiger charge is 2.48. The topological polar surface area (TPSA) is 69.6 Å². The summed E-state index contributed by atoms with van der Waals surface area (Å²) >= 11 is -1.77. The van der Waals surface area contributed by atoms with E-state index in [1.165, 1.54) is 6.92 Å². The zero-order valence-electron chi connectivity index (χ0n) is 12.7. The molecule has 23 heavy (non-hydrogen) atoms. The Bertz CT molecular complexity index is 722. The number of benzene rings is 1. The van der Waals surface area contributed by atoms with E-state index >= 15 is 0 Å². The van der Waals surface area contributed by atoms with Gasteiger partial charge in [-0.2, -0.15) is 13.2 Å². The molecule has 0 aliphatic carbocycles. The van der Waals surface area contributed by atoms with Gasteiger partial charge < -0.3 is 4.55 Å². The number of hydrogen-bond acceptors (Lipinski definition) is 4. The highest BCUT2D eigenvalue weighted by Crippen LogP contribution is 2.32. The predicted octanol–water partition coefficient (Wildman–Crippen LogP) is 3.39. The fourth-order valence-corrected chi connectivity index (χ4v) is 2.91. The first-order valence-corrected chi connectivity index (χ1v) is 8.86. The van der Waals surface area contributed by atoms with E-state index < -0.39 is 47.7 Å². The van der Waals surface area contributed by atoms with Crippen LogP contribution in [-0.4, -0.2) is 28.9 Å². The van der Waals surface area contributed by atoms with Gasteiger partial charge in [-0.15, -0.1) is 0 Å². The molecule has 0 saturated heterocycles. The molecule has 0 aromatic heterocycles. The summed E-state index contributed by atoms with van der Waals surface area (Å²) in [7, 11) is -5.83. The van der Waals surface area contributed by atoms with Crippen molar-refractivity contribution in [3.63, 3.8) is 0 Å². The molecule has 0 bridgehead atoms. The summed E-state index contributed by atoms with van der Waals surface area (Å²) in [5, 5.41) is 0. The van der Waals surface area contributed by atoms with E-state index in [1.54, 1.807) is 20.8 Å². The van der Waals surface area contributed by atoms with Crippen LogP contribution in [0.25, 0.3) is 0 Å². The Hall–Kier alpha value is -1.13. The lowest BCUT2D eigenvalue weighted by Gasteiger charge is -2.19. The molecule has 0 aliphatic heterocycles. The van der Waals surface area contributed by atoms with Crippen LogP contribution in [0.1, 0.15) is 33.3 Å². The van der Waals surface area contributed by atoms with Gasteiger partial charge in [0.25, 0.3) is 9.84 Å². The zero-order valence-corrected chi connectivity index (χ0v) is 14.4. The average Bonchev–Trinajstić information content (AvgIpc) is 2.35. The summed E-state index contributed by atoms with van der Waals surface area (Å²) in [6, 6.07) is 2.56. The molecule has 0 radical (unpaired) electrons. The van der Waals surface area contributed by atoms with Crippen LogP contribution in [0.5, 0.6) is 0 Å². The van der Waals surface area contributed by atoms with Gasteiger partial charge in [-0.3, -0.25) is 0 Å². The van der Waals surface area contributed by atoms with Gasteiger partial charge in [0.2, 0.25) is 0 Å². The Kier molecular flexibility index (Phi) is 5.55. The molecule has 0 fully saturated rings. The van der Waals surface area contributed by atoms with Gasteiger partial charge in [-0.1, -0.05) is 10.5 Å². The van der Waals surface area contributed by atoms with Crippen LogP contribution in [0.2, 0.25) is 0 Å². The monoisotopic (exact) mass is 373 g/mol. The Balaban J connectivity index is 3.45. The zero-order chi connectivity index (χ0) is 18.2. The largest absolute Gasteiger partial charge is 0.591 e. The van der Waals surface area contributed by atoms with Crippen LogP contribution in [0.15, 0.2) is 27.5 Å². The van der Waals surface area contributed by atoms with E-state index in [9.17, 15) is 30.5 Å². The Labute approximate surface area is 134 Å². The maximum atomic E-state index is 14.2. The lowest BCUT2D eigenvalue weighted by Crippen LogP contribution is -2.27. The molecule has 1 atom stereocenters. The van der Waals surface area contributed by atoms with E-state index in [2.05, 4.69) is 4.40 Å². The molecule has 0 amide bonds. The van der Waals surface area contributed by atoms with Gasteiger partial charge in [0.05, 0.1) is 5.71 Å². The highest BCUT2D eigenvalue weighted by atomic mass is 32.2. The van der Waals surface area contributed by atoms with E-state index in [4.69, 9.17) is 0 Å². The summed E-state index contributed by atoms with van der Waals surface area (Å²) in [6.07, 6.45) is 0. The number of alkyl halides is 3. The first-order chi connectivity index (χ1) is 10.2. The van der Waals surface area contributed by atoms with Crippen molar-refractivity contribution < 1.29 is 30.5 Å². The van der Waals surface area contributed by atoms with Crippen molar-refractivity contribution in [3.8, 4) is 0 Å². The third-order valence-corrected chi connectivity index (χ3v) is 5.68. The van der Waals surface area contributed by atoms with Crippen molar-refractivity contribution in [3.05, 3.63) is 29.6 Å². The van der Waals surface area contributed by atoms with Gasteiger partial charge in [0.15, 0.2) is 5.82 Å². The molecular formula is C13H15F4NO3S2. The molecule has 1 unspecified atom stereocenters. The lowest BCUT2D eigenvalue weighted by molar-refractivity contribution is -0.0437. The minimum absolute atomic E-state index is 0.157. The molecule has 4 nitrogen and oxygen atoms in total. The maximum Gasteiger partial charge on any atom is 0.502 e. The van der Waals surface area contributed by atoms with Gasteiger partial charge in [0.1, 0.15) is 21.0 Å². The Morgan fingerprint density at radius 2 is 1.74 bits per heavy atom. The fraction of sp³-hybridized carbons (Fsp3) is 0.462. The van der Waals surface area contributed by atoms with Crippen molar-refractivity contribution in [2.24, 2.45) is 4.40 Å². The fourth-order valence-electron chi connectivity index (χ4n) is 1.43. The third-order valence-electron chi connectivity index (χ3n) is 2.69. The highest BCUT2D eigenvalue weighted by molar-refractivity contribution is 7.92. The second-order valence-corrected chi connectivity index (χ2v) is 9.42. The van der Waals surface area contributed by atoms with Gasteiger partial charge in [-0.25, -0.2) is 12.8 Å². The van der Waals surface area contributed by atoms with Crippen molar-refractivity contribution in [2.45, 2.75) is 42.8 Å². The number of halogens is 4. The molecule has 130 valence electrons. The van der Waals surface area contributed by atoms with Crippen LogP contribution in [0.3, 0.4) is 0 Å². The molecule has 0 heterocycles. The van der Waals surface area contributed by atoms with Crippen molar-refractivity contribution in [1.82, 2.24) is 0 Å². The van der Waals surface area contributed by atoms with Crippen LogP contribution in [-0.2, 0) is 21.2 Å². The van der Waals surface area contributed by atoms with E-state index in [0.717, 1.165) is 12.1 Å². The molecule has 0 N–H and O–H groups in total. The van der Waals surface area contributed by atoms with Crippen LogP contribution >= 0.6 is 0 Å². The minimum Gasteiger partial charge on any atom is -0.591 e. The number of rotatable bonds is 3. The van der Waals surface area contributed by atoms with Crippen LogP contribution in [0.4, 0.5) is 17.6 Å². The number of nitrogens with zero attached hydrogens (tertiary/aromatic N) is 1. The van der Waals surface area contributed by atoms with Crippen molar-refractivity contribution in [1.29, 1.82) is 0 Å². The molecule has 0 saturated carbocycles. The lowest BCUT2D eigenvalue weighted by atomic mass is 10.1. The van der Waals surface area contributed by atoms with E-state index in [0.29, 0.717) is 6.07 Å². The van der Waals surface area contributed by atoms with Crippen LogP contribution < -0.4 is 0 Å². The normalized spacial score (nSPS) is 15.6. The Morgan fingerprint density at radius 3 is 2.17 bits per heavy atom. The SMILES string of the molecule is CC(=N[S+]([O-])C(C)(C)C)c1cccc(S(=O)(=O)C(F)(F)F)c1F. The average molecular weight is 373 g/mol. The predicted molar refractivity (Wildman–Crippen MR) is 79.7 cm³/mol. The quantitative estimate of drug-likeness (QED) is 0.463. The third kappa shape index (κ3) is 4.24. The van der Waals surface area contributed by atoms with Gasteiger partial charge in [0, 0.05) is 5.56 Å². The molecule has 0 spiro atoms. The number of sulfone groups is 1. The smallest absolute Gasteiger partial charge is 0.502 e. The second kappa shape index (κ2) is 6.40. The summed E-state index contributed by atoms with van der Waals surface area (Å²) in [5.41, 5.74) is -6.23. The molecule has 1 rings (SSSR count). The van der Waals surface area contributed by atoms with Crippen molar-refractivity contribution in [2.75, 3.05) is 0 Å². The van der Waals surface area contributed by atoms with Gasteiger partial charge in [-0.05, 0) is 39.8 Å². The first-order valence-electron chi connectivity index (χ1n) is 6.27. The summed E-state index contributed by atoms with van der Waals surface area (Å²) in [6.45, 7) is 6.08. The molecular weight excluding hydrogens is 358 g/mol. The molecule has 1 aromatic rings. The van der Waals surface area contributed by atoms with E-state index in [-0.39, 0.29) is 5.71 Å². The summed E-state index contributed by atoms with van der Waals surface area (Å²) in [4.78, 5) is -1.49.